The van der Waals surface area contributed by atoms with Crippen molar-refractivity contribution in [1.29, 1.82) is 0 Å². The van der Waals surface area contributed by atoms with E-state index in [1.54, 1.807) is 0 Å². The van der Waals surface area contributed by atoms with Crippen LogP contribution in [0, 0.1) is 0 Å². The second-order valence-electron chi connectivity index (χ2n) is 4.73. The van der Waals surface area contributed by atoms with Gasteiger partial charge in [-0.15, -0.1) is 0 Å². The predicted octanol–water partition coefficient (Wildman–Crippen LogP) is -5.49. The highest BCUT2D eigenvalue weighted by Crippen LogP contribution is 2.06. The monoisotopic (exact) mass is 318 g/mol. The number of likely N-dealkylation sites (tertiary alicyclic amines) is 1. The molecule has 0 amide bonds. The summed E-state index contributed by atoms with van der Waals surface area (Å²) in [5, 5.41) is 46.9. The Hall–Kier alpha value is -0.370. The van der Waals surface area contributed by atoms with Gasteiger partial charge in [-0.2, -0.15) is 8.42 Å². The SMILES string of the molecule is O=S(=O)(O)O[C@@H](CO)[C@H](O)C[NH+]1C[C@H](O)[C@@H](O)[C@H]1CO. The second-order valence-corrected chi connectivity index (χ2v) is 5.77. The van der Waals surface area contributed by atoms with Crippen LogP contribution >= 0.6 is 0 Å². The lowest BCUT2D eigenvalue weighted by molar-refractivity contribution is -0.918. The molecule has 20 heavy (non-hydrogen) atoms. The van der Waals surface area contributed by atoms with Crippen LogP contribution in [0.5, 0.6) is 0 Å². The van der Waals surface area contributed by atoms with Gasteiger partial charge in [-0.05, 0) is 0 Å². The second kappa shape index (κ2) is 7.06. The Kier molecular flexibility index (Phi) is 6.25. The first kappa shape index (κ1) is 17.7. The molecule has 1 unspecified atom stereocenters. The third-order valence-electron chi connectivity index (χ3n) is 3.32. The van der Waals surface area contributed by atoms with Gasteiger partial charge in [-0.1, -0.05) is 0 Å². The lowest BCUT2D eigenvalue weighted by Gasteiger charge is -2.26. The number of hydrogen-bond donors (Lipinski definition) is 7. The fourth-order valence-corrected chi connectivity index (χ4v) is 2.80. The van der Waals surface area contributed by atoms with E-state index >= 15 is 0 Å². The molecule has 1 saturated heterocycles. The van der Waals surface area contributed by atoms with Crippen LogP contribution in [0.4, 0.5) is 0 Å². The van der Waals surface area contributed by atoms with Crippen LogP contribution in [0.2, 0.25) is 0 Å². The van der Waals surface area contributed by atoms with Crippen molar-refractivity contribution in [3.05, 3.63) is 0 Å². The van der Waals surface area contributed by atoms with Gasteiger partial charge >= 0.3 is 10.4 Å². The van der Waals surface area contributed by atoms with Crippen molar-refractivity contribution in [3.63, 3.8) is 0 Å². The Balaban J connectivity index is 2.66. The molecular formula is C9H20NO9S+. The van der Waals surface area contributed by atoms with Crippen molar-refractivity contribution in [3.8, 4) is 0 Å². The van der Waals surface area contributed by atoms with Gasteiger partial charge in [0.2, 0.25) is 0 Å². The van der Waals surface area contributed by atoms with E-state index in [0.29, 0.717) is 4.90 Å². The zero-order chi connectivity index (χ0) is 15.5. The molecule has 6 atom stereocenters. The molecule has 7 N–H and O–H groups in total. The zero-order valence-electron chi connectivity index (χ0n) is 10.5. The predicted molar refractivity (Wildman–Crippen MR) is 63.1 cm³/mol. The molecule has 0 saturated carbocycles. The number of hydrogen-bond acceptors (Lipinski definition) is 8. The van der Waals surface area contributed by atoms with E-state index in [4.69, 9.17) is 14.8 Å². The molecule has 11 heteroatoms. The molecule has 1 aliphatic rings. The lowest BCUT2D eigenvalue weighted by Crippen LogP contribution is -3.16. The summed E-state index contributed by atoms with van der Waals surface area (Å²) in [7, 11) is -4.83. The van der Waals surface area contributed by atoms with Crippen LogP contribution in [0.3, 0.4) is 0 Å². The first-order chi connectivity index (χ1) is 9.19. The van der Waals surface area contributed by atoms with Crippen LogP contribution in [-0.4, -0.2) is 95.3 Å². The third-order valence-corrected chi connectivity index (χ3v) is 3.81. The van der Waals surface area contributed by atoms with Gasteiger partial charge in [0.15, 0.2) is 0 Å². The molecule has 1 fully saturated rings. The van der Waals surface area contributed by atoms with Gasteiger partial charge in [0, 0.05) is 0 Å². The maximum Gasteiger partial charge on any atom is 0.397 e. The maximum absolute atomic E-state index is 10.6. The summed E-state index contributed by atoms with van der Waals surface area (Å²) in [6.45, 7) is -1.46. The molecular weight excluding hydrogens is 298 g/mol. The number of aliphatic hydroxyl groups is 5. The summed E-state index contributed by atoms with van der Waals surface area (Å²) >= 11 is 0. The summed E-state index contributed by atoms with van der Waals surface area (Å²) in [6, 6.07) is -0.746. The highest BCUT2D eigenvalue weighted by molar-refractivity contribution is 7.80. The number of quaternary nitrogens is 1. The van der Waals surface area contributed by atoms with Gasteiger partial charge < -0.3 is 30.4 Å². The van der Waals surface area contributed by atoms with Crippen LogP contribution in [0.1, 0.15) is 0 Å². The van der Waals surface area contributed by atoms with Crippen molar-refractivity contribution in [2.75, 3.05) is 26.3 Å². The highest BCUT2D eigenvalue weighted by Gasteiger charge is 2.45. The van der Waals surface area contributed by atoms with E-state index in [1.165, 1.54) is 0 Å². The van der Waals surface area contributed by atoms with Crippen LogP contribution in [-0.2, 0) is 14.6 Å². The van der Waals surface area contributed by atoms with E-state index in [2.05, 4.69) is 4.18 Å². The van der Waals surface area contributed by atoms with E-state index in [0.717, 1.165) is 0 Å². The minimum Gasteiger partial charge on any atom is -0.394 e. The summed E-state index contributed by atoms with van der Waals surface area (Å²) in [5.41, 5.74) is 0. The Bertz CT molecular complexity index is 402. The molecule has 1 aliphatic heterocycles. The van der Waals surface area contributed by atoms with E-state index in [1.807, 2.05) is 0 Å². The Labute approximate surface area is 115 Å². The van der Waals surface area contributed by atoms with Crippen LogP contribution < -0.4 is 4.90 Å². The van der Waals surface area contributed by atoms with Crippen LogP contribution in [0.25, 0.3) is 0 Å². The van der Waals surface area contributed by atoms with Gasteiger partial charge in [-0.25, -0.2) is 4.18 Å². The van der Waals surface area contributed by atoms with Crippen LogP contribution in [0.15, 0.2) is 0 Å². The maximum atomic E-state index is 10.6. The molecule has 0 radical (unpaired) electrons. The molecule has 0 aliphatic carbocycles. The Morgan fingerprint density at radius 1 is 1.30 bits per heavy atom. The van der Waals surface area contributed by atoms with Gasteiger partial charge in [-0.3, -0.25) is 4.55 Å². The number of rotatable bonds is 7. The van der Waals surface area contributed by atoms with Crippen molar-refractivity contribution in [2.45, 2.75) is 30.5 Å². The number of nitrogens with one attached hydrogen (secondary N) is 1. The molecule has 0 aromatic carbocycles. The standard InChI is InChI=1S/C9H19NO9S/c11-3-5-9(15)7(14)2-10(5)1-6(13)8(4-12)19-20(16,17)18/h5-9,11-15H,1-4H2,(H,16,17,18)/p+1/t5-,6-,7+,8+,9+/m1/s1. The van der Waals surface area contributed by atoms with Gasteiger partial charge in [0.25, 0.3) is 0 Å². The van der Waals surface area contributed by atoms with Crippen molar-refractivity contribution < 1.29 is 47.6 Å². The third kappa shape index (κ3) is 4.58. The first-order valence-electron chi connectivity index (χ1n) is 5.95. The first-order valence-corrected chi connectivity index (χ1v) is 7.32. The summed E-state index contributed by atoms with van der Waals surface area (Å²) in [6.07, 6.45) is -5.31. The molecule has 10 nitrogen and oxygen atoms in total. The fraction of sp³-hybridized carbons (Fsp3) is 1.00. The minimum absolute atomic E-state index is 0.0352. The molecule has 0 aromatic heterocycles. The normalized spacial score (nSPS) is 34.1. The minimum atomic E-state index is -4.83. The van der Waals surface area contributed by atoms with E-state index < -0.39 is 54.1 Å². The smallest absolute Gasteiger partial charge is 0.394 e. The van der Waals surface area contributed by atoms with E-state index in [9.17, 15) is 23.7 Å². The average molecular weight is 318 g/mol. The van der Waals surface area contributed by atoms with E-state index in [-0.39, 0.29) is 13.1 Å². The topological polar surface area (TPSA) is 169 Å². The molecule has 0 aromatic rings. The molecule has 0 spiro atoms. The largest absolute Gasteiger partial charge is 0.397 e. The quantitative estimate of drug-likeness (QED) is 0.226. The van der Waals surface area contributed by atoms with Gasteiger partial charge in [0.1, 0.15) is 43.5 Å². The molecule has 1 heterocycles. The highest BCUT2D eigenvalue weighted by atomic mass is 32.3. The Morgan fingerprint density at radius 2 is 1.90 bits per heavy atom. The molecule has 120 valence electrons. The summed E-state index contributed by atoms with van der Waals surface area (Å²) < 4.78 is 33.7. The zero-order valence-corrected chi connectivity index (χ0v) is 11.3. The lowest BCUT2D eigenvalue weighted by atomic mass is 10.1. The summed E-state index contributed by atoms with van der Waals surface area (Å²) in [4.78, 5) is 0.428. The fourth-order valence-electron chi connectivity index (χ4n) is 2.29. The van der Waals surface area contributed by atoms with Crippen molar-refractivity contribution >= 4 is 10.4 Å². The van der Waals surface area contributed by atoms with Gasteiger partial charge in [0.05, 0.1) is 13.2 Å². The van der Waals surface area contributed by atoms with Crippen molar-refractivity contribution in [1.82, 2.24) is 0 Å². The van der Waals surface area contributed by atoms with Crippen molar-refractivity contribution in [2.24, 2.45) is 0 Å². The molecule has 1 rings (SSSR count). The Morgan fingerprint density at radius 3 is 2.35 bits per heavy atom. The molecule has 0 bridgehead atoms. The number of aliphatic hydroxyl groups excluding tert-OH is 5. The average Bonchev–Trinajstić information content (AvgIpc) is 2.60. The summed E-state index contributed by atoms with van der Waals surface area (Å²) in [5.74, 6) is 0.